The molecule has 4 heterocycles. The maximum Gasteiger partial charge on any atom is 0.154 e. The smallest absolute Gasteiger partial charge is 0.154 e. The van der Waals surface area contributed by atoms with E-state index < -0.39 is 0 Å². The largest absolute Gasteiger partial charge is 0.338 e. The van der Waals surface area contributed by atoms with Gasteiger partial charge in [-0.1, -0.05) is 49.7 Å². The number of nitrogens with zero attached hydrogens (tertiary/aromatic N) is 5. The normalized spacial score (nSPS) is 15.1. The molecule has 3 aromatic heterocycles. The molecule has 5 aromatic rings. The van der Waals surface area contributed by atoms with Gasteiger partial charge in [0.1, 0.15) is 17.2 Å². The Morgan fingerprint density at radius 1 is 0.886 bits per heavy atom. The molecule has 0 spiro atoms. The Kier molecular flexibility index (Phi) is 4.36. The van der Waals surface area contributed by atoms with Crippen LogP contribution in [0.2, 0.25) is 0 Å². The van der Waals surface area contributed by atoms with E-state index in [0.29, 0.717) is 5.41 Å². The summed E-state index contributed by atoms with van der Waals surface area (Å²) in [6.07, 6.45) is 10.8. The van der Waals surface area contributed by atoms with Gasteiger partial charge >= 0.3 is 0 Å². The number of para-hydroxylation sites is 1. The van der Waals surface area contributed by atoms with E-state index >= 15 is 0 Å². The highest BCUT2D eigenvalue weighted by molar-refractivity contribution is 5.90. The summed E-state index contributed by atoms with van der Waals surface area (Å²) in [6, 6.07) is 21.3. The van der Waals surface area contributed by atoms with Crippen molar-refractivity contribution in [3.63, 3.8) is 0 Å². The first-order chi connectivity index (χ1) is 17.2. The van der Waals surface area contributed by atoms with Crippen molar-refractivity contribution in [3.8, 4) is 39.7 Å². The molecule has 2 aromatic carbocycles. The zero-order valence-electron chi connectivity index (χ0n) is 19.4. The van der Waals surface area contributed by atoms with Crippen LogP contribution in [0.4, 0.5) is 11.5 Å². The average molecular weight is 457 g/mol. The van der Waals surface area contributed by atoms with Gasteiger partial charge in [0.25, 0.3) is 0 Å². The standard InChI is InChI=1S/C29H24N6/c1-29(13-5-14-29)20-11-9-19(10-12-20)26-25(23-18-30-16-17-31-23)34-28-21-6-2-3-7-22(21)33-27-24(35(26)28)8-4-15-32-27/h2-4,6-12,15-18H,5,13-14H2,1H3,(H,32,33). The molecule has 0 saturated heterocycles. The van der Waals surface area contributed by atoms with E-state index in [4.69, 9.17) is 4.98 Å². The van der Waals surface area contributed by atoms with E-state index in [0.717, 1.165) is 51.2 Å². The molecule has 0 radical (unpaired) electrons. The topological polar surface area (TPSA) is 68.5 Å². The maximum absolute atomic E-state index is 5.19. The fourth-order valence-electron chi connectivity index (χ4n) is 5.32. The second-order valence-corrected chi connectivity index (χ2v) is 9.59. The van der Waals surface area contributed by atoms with Crippen LogP contribution in [-0.2, 0) is 5.41 Å². The zero-order chi connectivity index (χ0) is 23.4. The van der Waals surface area contributed by atoms with Gasteiger partial charge in [-0.2, -0.15) is 0 Å². The highest BCUT2D eigenvalue weighted by atomic mass is 15.2. The van der Waals surface area contributed by atoms with Crippen LogP contribution in [0.5, 0.6) is 0 Å². The number of imidazole rings is 1. The molecule has 0 bridgehead atoms. The lowest BCUT2D eigenvalue weighted by Crippen LogP contribution is -2.30. The molecular weight excluding hydrogens is 432 g/mol. The van der Waals surface area contributed by atoms with Gasteiger partial charge < -0.3 is 5.32 Å². The molecule has 7 rings (SSSR count). The van der Waals surface area contributed by atoms with Gasteiger partial charge in [0.15, 0.2) is 5.82 Å². The summed E-state index contributed by atoms with van der Waals surface area (Å²) < 4.78 is 2.21. The molecule has 0 amide bonds. The van der Waals surface area contributed by atoms with Crippen molar-refractivity contribution in [3.05, 3.63) is 91.0 Å². The summed E-state index contributed by atoms with van der Waals surface area (Å²) >= 11 is 0. The zero-order valence-corrected chi connectivity index (χ0v) is 19.4. The van der Waals surface area contributed by atoms with E-state index in [1.165, 1.54) is 24.8 Å². The van der Waals surface area contributed by atoms with Crippen molar-refractivity contribution >= 4 is 11.5 Å². The summed E-state index contributed by atoms with van der Waals surface area (Å²) in [5.74, 6) is 1.65. The van der Waals surface area contributed by atoms with Gasteiger partial charge in [0.05, 0.1) is 23.3 Å². The molecule has 1 fully saturated rings. The molecule has 170 valence electrons. The van der Waals surface area contributed by atoms with Crippen molar-refractivity contribution in [2.24, 2.45) is 0 Å². The molecule has 1 saturated carbocycles. The van der Waals surface area contributed by atoms with Crippen molar-refractivity contribution in [2.45, 2.75) is 31.6 Å². The second kappa shape index (κ2) is 7.60. The molecule has 6 heteroatoms. The molecule has 0 atom stereocenters. The first-order valence-electron chi connectivity index (χ1n) is 12.0. The molecule has 2 aliphatic rings. The lowest BCUT2D eigenvalue weighted by molar-refractivity contribution is 0.272. The summed E-state index contributed by atoms with van der Waals surface area (Å²) in [5, 5.41) is 3.52. The maximum atomic E-state index is 5.19. The van der Waals surface area contributed by atoms with E-state index in [-0.39, 0.29) is 0 Å². The highest BCUT2D eigenvalue weighted by Gasteiger charge is 2.34. The third-order valence-corrected chi connectivity index (χ3v) is 7.44. The fourth-order valence-corrected chi connectivity index (χ4v) is 5.32. The van der Waals surface area contributed by atoms with E-state index in [1.807, 2.05) is 24.4 Å². The van der Waals surface area contributed by atoms with Crippen LogP contribution >= 0.6 is 0 Å². The van der Waals surface area contributed by atoms with Gasteiger partial charge in [0.2, 0.25) is 0 Å². The molecule has 0 unspecified atom stereocenters. The molecular formula is C29H24N6. The van der Waals surface area contributed by atoms with Gasteiger partial charge in [-0.25, -0.2) is 9.97 Å². The van der Waals surface area contributed by atoms with Crippen LogP contribution in [0.3, 0.4) is 0 Å². The predicted molar refractivity (Wildman–Crippen MR) is 138 cm³/mol. The van der Waals surface area contributed by atoms with Crippen molar-refractivity contribution < 1.29 is 0 Å². The fraction of sp³-hybridized carbons (Fsp3) is 0.172. The Labute approximate surface area is 203 Å². The van der Waals surface area contributed by atoms with Crippen molar-refractivity contribution in [2.75, 3.05) is 5.32 Å². The average Bonchev–Trinajstić information content (AvgIpc) is 3.22. The number of hydrogen-bond acceptors (Lipinski definition) is 5. The quantitative estimate of drug-likeness (QED) is 0.327. The number of rotatable bonds is 3. The van der Waals surface area contributed by atoms with Crippen LogP contribution in [-0.4, -0.2) is 24.5 Å². The van der Waals surface area contributed by atoms with E-state index in [2.05, 4.69) is 74.2 Å². The Hall–Kier alpha value is -4.32. The third kappa shape index (κ3) is 3.10. The molecule has 1 aliphatic heterocycles. The van der Waals surface area contributed by atoms with Gasteiger partial charge in [0, 0.05) is 29.7 Å². The monoisotopic (exact) mass is 456 g/mol. The van der Waals surface area contributed by atoms with Crippen LogP contribution < -0.4 is 5.32 Å². The second-order valence-electron chi connectivity index (χ2n) is 9.59. The number of aromatic nitrogens is 5. The number of pyridine rings is 1. The Bertz CT molecular complexity index is 1550. The Morgan fingerprint density at radius 2 is 1.74 bits per heavy atom. The first kappa shape index (κ1) is 20.1. The van der Waals surface area contributed by atoms with Gasteiger partial charge in [-0.15, -0.1) is 0 Å². The van der Waals surface area contributed by atoms with Crippen LogP contribution in [0.25, 0.3) is 39.7 Å². The number of hydrogen-bond donors (Lipinski definition) is 1. The molecule has 1 aliphatic carbocycles. The minimum atomic E-state index is 0.292. The summed E-state index contributed by atoms with van der Waals surface area (Å²) in [6.45, 7) is 2.37. The summed E-state index contributed by atoms with van der Waals surface area (Å²) in [7, 11) is 0. The predicted octanol–water partition coefficient (Wildman–Crippen LogP) is 6.56. The lowest BCUT2D eigenvalue weighted by Gasteiger charge is -2.39. The van der Waals surface area contributed by atoms with Crippen LogP contribution in [0, 0.1) is 0 Å². The highest BCUT2D eigenvalue weighted by Crippen LogP contribution is 2.46. The van der Waals surface area contributed by atoms with E-state index in [1.54, 1.807) is 18.6 Å². The first-order valence-corrected chi connectivity index (χ1v) is 12.0. The number of fused-ring (bicyclic) bond motifs is 5. The number of nitrogens with one attached hydrogen (secondary N) is 1. The minimum absolute atomic E-state index is 0.292. The van der Waals surface area contributed by atoms with E-state index in [9.17, 15) is 0 Å². The van der Waals surface area contributed by atoms with Crippen LogP contribution in [0.15, 0.2) is 85.5 Å². The molecule has 35 heavy (non-hydrogen) atoms. The summed E-state index contributed by atoms with van der Waals surface area (Å²) in [5.41, 5.74) is 8.26. The lowest BCUT2D eigenvalue weighted by atomic mass is 9.66. The van der Waals surface area contributed by atoms with Crippen molar-refractivity contribution in [1.29, 1.82) is 0 Å². The number of anilines is 2. The minimum Gasteiger partial charge on any atom is -0.338 e. The van der Waals surface area contributed by atoms with Crippen LogP contribution in [0.1, 0.15) is 31.7 Å². The SMILES string of the molecule is CC1(c2ccc(-c3c(-c4cnccn4)nc4n3-c3cccnc3Nc3ccccc3-4)cc2)CCC1. The Morgan fingerprint density at radius 3 is 2.51 bits per heavy atom. The number of benzene rings is 2. The van der Waals surface area contributed by atoms with Gasteiger partial charge in [-0.05, 0) is 48.1 Å². The third-order valence-electron chi connectivity index (χ3n) is 7.44. The summed E-state index contributed by atoms with van der Waals surface area (Å²) in [4.78, 5) is 18.8. The van der Waals surface area contributed by atoms with Crippen molar-refractivity contribution in [1.82, 2.24) is 24.5 Å². The Balaban J connectivity index is 1.53. The van der Waals surface area contributed by atoms with Gasteiger partial charge in [-0.3, -0.25) is 14.5 Å². The molecule has 6 nitrogen and oxygen atoms in total. The molecule has 1 N–H and O–H groups in total.